The van der Waals surface area contributed by atoms with E-state index in [4.69, 9.17) is 0 Å². The molecule has 0 amide bonds. The van der Waals surface area contributed by atoms with Crippen molar-refractivity contribution in [2.24, 2.45) is 5.92 Å². The molecule has 0 radical (unpaired) electrons. The molecule has 0 fully saturated rings. The van der Waals surface area contributed by atoms with E-state index < -0.39 is 0 Å². The van der Waals surface area contributed by atoms with Gasteiger partial charge in [0.25, 0.3) is 0 Å². The maximum atomic E-state index is 4.15. The summed E-state index contributed by atoms with van der Waals surface area (Å²) in [5.41, 5.74) is 0. The van der Waals surface area contributed by atoms with E-state index in [1.807, 2.05) is 7.05 Å². The highest BCUT2D eigenvalue weighted by atomic mass is 32.1. The number of aromatic nitrogens is 2. The number of nitrogens with zero attached hydrogens (tertiary/aromatic N) is 2. The van der Waals surface area contributed by atoms with Crippen LogP contribution in [0.2, 0.25) is 0 Å². The second-order valence-electron chi connectivity index (χ2n) is 3.64. The van der Waals surface area contributed by atoms with Crippen LogP contribution in [0, 0.1) is 5.92 Å². The molecule has 1 rings (SSSR count). The first kappa shape index (κ1) is 10.6. The van der Waals surface area contributed by atoms with Crippen LogP contribution in [0.3, 0.4) is 0 Å². The number of nitrogens with one attached hydrogen (secondary N) is 1. The van der Waals surface area contributed by atoms with Crippen molar-refractivity contribution in [3.63, 3.8) is 0 Å². The van der Waals surface area contributed by atoms with Gasteiger partial charge in [0.1, 0.15) is 10.0 Å². The van der Waals surface area contributed by atoms with Crippen molar-refractivity contribution in [3.05, 3.63) is 10.0 Å². The number of rotatable bonds is 4. The number of hydrogen-bond donors (Lipinski definition) is 1. The van der Waals surface area contributed by atoms with Gasteiger partial charge in [-0.25, -0.2) is 0 Å². The topological polar surface area (TPSA) is 37.8 Å². The largest absolute Gasteiger partial charge is 0.311 e. The van der Waals surface area contributed by atoms with Crippen LogP contribution >= 0.6 is 11.3 Å². The van der Waals surface area contributed by atoms with Crippen LogP contribution in [-0.2, 0) is 6.42 Å². The van der Waals surface area contributed by atoms with Crippen LogP contribution in [0.25, 0.3) is 0 Å². The second kappa shape index (κ2) is 4.67. The van der Waals surface area contributed by atoms with Gasteiger partial charge in [0.15, 0.2) is 0 Å². The third kappa shape index (κ3) is 3.04. The standard InChI is InChI=1S/C9H17N3S/c1-6(2)5-8-11-12-9(13-8)7(3)10-4/h6-7,10H,5H2,1-4H3. The fraction of sp³-hybridized carbons (Fsp3) is 0.778. The predicted octanol–water partition coefficient (Wildman–Crippen LogP) is 2.02. The highest BCUT2D eigenvalue weighted by molar-refractivity contribution is 7.11. The van der Waals surface area contributed by atoms with Gasteiger partial charge in [-0.05, 0) is 19.9 Å². The normalized spacial score (nSPS) is 13.6. The van der Waals surface area contributed by atoms with Gasteiger partial charge in [0.2, 0.25) is 0 Å². The fourth-order valence-corrected chi connectivity index (χ4v) is 2.11. The van der Waals surface area contributed by atoms with Crippen LogP contribution in [-0.4, -0.2) is 17.2 Å². The molecule has 0 aliphatic heterocycles. The molecular formula is C9H17N3S. The van der Waals surface area contributed by atoms with Crippen molar-refractivity contribution >= 4 is 11.3 Å². The zero-order chi connectivity index (χ0) is 9.84. The van der Waals surface area contributed by atoms with Crippen LogP contribution < -0.4 is 5.32 Å². The van der Waals surface area contributed by atoms with E-state index in [9.17, 15) is 0 Å². The fourth-order valence-electron chi connectivity index (χ4n) is 0.997. The molecular weight excluding hydrogens is 182 g/mol. The summed E-state index contributed by atoms with van der Waals surface area (Å²) in [5, 5.41) is 13.7. The first-order valence-electron chi connectivity index (χ1n) is 4.63. The second-order valence-corrected chi connectivity index (χ2v) is 4.74. The Bertz CT molecular complexity index is 257. The predicted molar refractivity (Wildman–Crippen MR) is 55.9 cm³/mol. The van der Waals surface area contributed by atoms with Gasteiger partial charge in [0.05, 0.1) is 6.04 Å². The van der Waals surface area contributed by atoms with Crippen LogP contribution in [0.4, 0.5) is 0 Å². The molecule has 1 N–H and O–H groups in total. The van der Waals surface area contributed by atoms with Gasteiger partial charge in [-0.2, -0.15) is 0 Å². The molecule has 3 nitrogen and oxygen atoms in total. The molecule has 0 bridgehead atoms. The molecule has 0 saturated carbocycles. The van der Waals surface area contributed by atoms with E-state index in [0.29, 0.717) is 12.0 Å². The average Bonchev–Trinajstić information content (AvgIpc) is 2.50. The van der Waals surface area contributed by atoms with Crippen molar-refractivity contribution in [3.8, 4) is 0 Å². The van der Waals surface area contributed by atoms with E-state index >= 15 is 0 Å². The summed E-state index contributed by atoms with van der Waals surface area (Å²) in [6.07, 6.45) is 1.04. The van der Waals surface area contributed by atoms with Crippen LogP contribution in [0.5, 0.6) is 0 Å². The molecule has 4 heteroatoms. The summed E-state index contributed by atoms with van der Waals surface area (Å²) in [6.45, 7) is 6.49. The van der Waals surface area contributed by atoms with Crippen molar-refractivity contribution in [1.82, 2.24) is 15.5 Å². The number of hydrogen-bond acceptors (Lipinski definition) is 4. The van der Waals surface area contributed by atoms with E-state index in [-0.39, 0.29) is 0 Å². The Morgan fingerprint density at radius 3 is 2.54 bits per heavy atom. The van der Waals surface area contributed by atoms with Crippen molar-refractivity contribution in [1.29, 1.82) is 0 Å². The van der Waals surface area contributed by atoms with E-state index in [1.54, 1.807) is 11.3 Å². The molecule has 13 heavy (non-hydrogen) atoms. The summed E-state index contributed by atoms with van der Waals surface area (Å²) in [5.74, 6) is 0.658. The maximum Gasteiger partial charge on any atom is 0.134 e. The van der Waals surface area contributed by atoms with Crippen molar-refractivity contribution < 1.29 is 0 Å². The van der Waals surface area contributed by atoms with Gasteiger partial charge < -0.3 is 5.32 Å². The van der Waals surface area contributed by atoms with Crippen LogP contribution in [0.1, 0.15) is 36.8 Å². The minimum absolute atomic E-state index is 0.318. The summed E-state index contributed by atoms with van der Waals surface area (Å²) in [7, 11) is 1.94. The molecule has 0 aliphatic rings. The summed E-state index contributed by atoms with van der Waals surface area (Å²) in [4.78, 5) is 0. The first-order chi connectivity index (χ1) is 6.13. The lowest BCUT2D eigenvalue weighted by molar-refractivity contribution is 0.628. The maximum absolute atomic E-state index is 4.15. The molecule has 0 spiro atoms. The van der Waals surface area contributed by atoms with Gasteiger partial charge in [0, 0.05) is 6.42 Å². The Morgan fingerprint density at radius 1 is 1.31 bits per heavy atom. The highest BCUT2D eigenvalue weighted by Gasteiger charge is 2.10. The molecule has 0 aromatic carbocycles. The molecule has 1 aromatic rings. The lowest BCUT2D eigenvalue weighted by Gasteiger charge is -2.03. The van der Waals surface area contributed by atoms with E-state index in [2.05, 4.69) is 36.3 Å². The smallest absolute Gasteiger partial charge is 0.134 e. The Morgan fingerprint density at radius 2 is 2.00 bits per heavy atom. The zero-order valence-electron chi connectivity index (χ0n) is 8.66. The molecule has 1 heterocycles. The van der Waals surface area contributed by atoms with Gasteiger partial charge in [-0.3, -0.25) is 0 Å². The van der Waals surface area contributed by atoms with Crippen LogP contribution in [0.15, 0.2) is 0 Å². The molecule has 1 aromatic heterocycles. The first-order valence-corrected chi connectivity index (χ1v) is 5.44. The van der Waals surface area contributed by atoms with E-state index in [0.717, 1.165) is 16.4 Å². The molecule has 1 atom stereocenters. The van der Waals surface area contributed by atoms with Gasteiger partial charge >= 0.3 is 0 Å². The SMILES string of the molecule is CNC(C)c1nnc(CC(C)C)s1. The third-order valence-electron chi connectivity index (χ3n) is 1.87. The summed E-state index contributed by atoms with van der Waals surface area (Å²) >= 11 is 1.71. The molecule has 0 saturated heterocycles. The van der Waals surface area contributed by atoms with Crippen molar-refractivity contribution in [2.45, 2.75) is 33.2 Å². The minimum atomic E-state index is 0.318. The van der Waals surface area contributed by atoms with Crippen molar-refractivity contribution in [2.75, 3.05) is 7.05 Å². The third-order valence-corrected chi connectivity index (χ3v) is 3.00. The zero-order valence-corrected chi connectivity index (χ0v) is 9.48. The quantitative estimate of drug-likeness (QED) is 0.806. The van der Waals surface area contributed by atoms with E-state index in [1.165, 1.54) is 0 Å². The average molecular weight is 199 g/mol. The lowest BCUT2D eigenvalue weighted by atomic mass is 10.1. The monoisotopic (exact) mass is 199 g/mol. The van der Waals surface area contributed by atoms with Gasteiger partial charge in [-0.1, -0.05) is 25.2 Å². The Labute approximate surface area is 83.6 Å². The lowest BCUT2D eigenvalue weighted by Crippen LogP contribution is -2.11. The Kier molecular flexibility index (Phi) is 3.81. The highest BCUT2D eigenvalue weighted by Crippen LogP contribution is 2.19. The summed E-state index contributed by atoms with van der Waals surface area (Å²) < 4.78 is 0. The minimum Gasteiger partial charge on any atom is -0.311 e. The Hall–Kier alpha value is -0.480. The molecule has 0 aliphatic carbocycles. The van der Waals surface area contributed by atoms with Gasteiger partial charge in [-0.15, -0.1) is 10.2 Å². The summed E-state index contributed by atoms with van der Waals surface area (Å²) in [6, 6.07) is 0.318. The Balaban J connectivity index is 2.63. The molecule has 1 unspecified atom stereocenters. The molecule has 74 valence electrons.